The van der Waals surface area contributed by atoms with Gasteiger partial charge >= 0.3 is 0 Å². The van der Waals surface area contributed by atoms with Crippen LogP contribution in [0.4, 0.5) is 0 Å². The Kier molecular flexibility index (Phi) is 6.91. The predicted octanol–water partition coefficient (Wildman–Crippen LogP) is 3.99. The Hall–Kier alpha value is -0.820. The summed E-state index contributed by atoms with van der Waals surface area (Å²) < 4.78 is 0. The molecule has 0 aliphatic rings. The fourth-order valence-corrected chi connectivity index (χ4v) is 1.96. The Bertz CT molecular complexity index is 255. The van der Waals surface area contributed by atoms with Crippen LogP contribution in [-0.4, -0.2) is 6.54 Å². The van der Waals surface area contributed by atoms with Crippen molar-refractivity contribution in [2.45, 2.75) is 46.1 Å². The maximum Gasteiger partial charge on any atom is 0.0205 e. The summed E-state index contributed by atoms with van der Waals surface area (Å²) in [6.07, 6.45) is 5.34. The van der Waals surface area contributed by atoms with Crippen LogP contribution >= 0.6 is 0 Å². The smallest absolute Gasteiger partial charge is 0.0205 e. The first kappa shape index (κ1) is 13.2. The highest BCUT2D eigenvalue weighted by molar-refractivity contribution is 5.14. The van der Waals surface area contributed by atoms with Crippen molar-refractivity contribution in [1.82, 2.24) is 5.32 Å². The molecule has 1 aromatic rings. The predicted molar refractivity (Wildman–Crippen MR) is 71.5 cm³/mol. The molecular formula is C15H25N. The van der Waals surface area contributed by atoms with E-state index < -0.39 is 0 Å². The van der Waals surface area contributed by atoms with Crippen LogP contribution in [0.25, 0.3) is 0 Å². The van der Waals surface area contributed by atoms with E-state index in [1.54, 1.807) is 0 Å². The van der Waals surface area contributed by atoms with E-state index in [2.05, 4.69) is 49.5 Å². The number of hydrogen-bond acceptors (Lipinski definition) is 1. The van der Waals surface area contributed by atoms with E-state index in [0.717, 1.165) is 19.0 Å². The Balaban J connectivity index is 2.18. The van der Waals surface area contributed by atoms with Crippen molar-refractivity contribution in [3.63, 3.8) is 0 Å². The van der Waals surface area contributed by atoms with Crippen LogP contribution in [0.2, 0.25) is 0 Å². The Morgan fingerprint density at radius 2 is 1.88 bits per heavy atom. The summed E-state index contributed by atoms with van der Waals surface area (Å²) in [5.41, 5.74) is 1.38. The average Bonchev–Trinajstić information content (AvgIpc) is 2.35. The third kappa shape index (κ3) is 5.32. The van der Waals surface area contributed by atoms with Gasteiger partial charge in [0.1, 0.15) is 0 Å². The molecule has 1 aromatic carbocycles. The largest absolute Gasteiger partial charge is 0.312 e. The van der Waals surface area contributed by atoms with Gasteiger partial charge in [-0.2, -0.15) is 0 Å². The van der Waals surface area contributed by atoms with Gasteiger partial charge in [-0.15, -0.1) is 0 Å². The van der Waals surface area contributed by atoms with Crippen molar-refractivity contribution in [3.05, 3.63) is 35.9 Å². The second-order valence-corrected chi connectivity index (χ2v) is 4.53. The Labute approximate surface area is 100 Å². The Morgan fingerprint density at radius 1 is 1.12 bits per heavy atom. The molecular weight excluding hydrogens is 194 g/mol. The number of benzene rings is 1. The number of rotatable bonds is 8. The van der Waals surface area contributed by atoms with E-state index in [9.17, 15) is 0 Å². The average molecular weight is 219 g/mol. The molecule has 1 heteroatoms. The maximum absolute atomic E-state index is 3.56. The number of nitrogens with one attached hydrogen (secondary N) is 1. The summed E-state index contributed by atoms with van der Waals surface area (Å²) in [7, 11) is 0. The molecule has 1 nitrogen and oxygen atoms in total. The first-order valence-electron chi connectivity index (χ1n) is 6.61. The van der Waals surface area contributed by atoms with Gasteiger partial charge in [0.2, 0.25) is 0 Å². The minimum absolute atomic E-state index is 0.851. The summed E-state index contributed by atoms with van der Waals surface area (Å²) in [5.74, 6) is 0.851. The van der Waals surface area contributed by atoms with Crippen LogP contribution in [0.1, 0.15) is 45.1 Å². The lowest BCUT2D eigenvalue weighted by molar-refractivity contribution is 0.419. The van der Waals surface area contributed by atoms with Gasteiger partial charge in [0.25, 0.3) is 0 Å². The maximum atomic E-state index is 3.56. The van der Waals surface area contributed by atoms with E-state index >= 15 is 0 Å². The van der Waals surface area contributed by atoms with E-state index in [-0.39, 0.29) is 0 Å². The molecule has 1 rings (SSSR count). The normalized spacial score (nSPS) is 12.6. The van der Waals surface area contributed by atoms with Crippen LogP contribution in [0.3, 0.4) is 0 Å². The zero-order chi connectivity index (χ0) is 11.6. The summed E-state index contributed by atoms with van der Waals surface area (Å²) in [4.78, 5) is 0. The molecule has 0 unspecified atom stereocenters. The van der Waals surface area contributed by atoms with Crippen molar-refractivity contribution in [2.75, 3.05) is 6.54 Å². The van der Waals surface area contributed by atoms with Crippen molar-refractivity contribution >= 4 is 0 Å². The third-order valence-corrected chi connectivity index (χ3v) is 3.15. The topological polar surface area (TPSA) is 12.0 Å². The van der Waals surface area contributed by atoms with Crippen molar-refractivity contribution in [1.29, 1.82) is 0 Å². The molecule has 0 saturated heterocycles. The molecule has 0 spiro atoms. The molecule has 0 bridgehead atoms. The van der Waals surface area contributed by atoms with Crippen molar-refractivity contribution in [3.8, 4) is 0 Å². The first-order valence-corrected chi connectivity index (χ1v) is 6.61. The Morgan fingerprint density at radius 3 is 2.50 bits per heavy atom. The zero-order valence-electron chi connectivity index (χ0n) is 10.7. The lowest BCUT2D eigenvalue weighted by Gasteiger charge is -2.15. The lowest BCUT2D eigenvalue weighted by Crippen LogP contribution is -2.22. The SMILES string of the molecule is CCCC[C@@H](CC)CNCc1ccccc1. The van der Waals surface area contributed by atoms with Crippen molar-refractivity contribution in [2.24, 2.45) is 5.92 Å². The summed E-state index contributed by atoms with van der Waals surface area (Å²) >= 11 is 0. The molecule has 1 N–H and O–H groups in total. The zero-order valence-corrected chi connectivity index (χ0v) is 10.7. The van der Waals surface area contributed by atoms with E-state index in [0.29, 0.717) is 0 Å². The molecule has 0 aromatic heterocycles. The van der Waals surface area contributed by atoms with E-state index in [1.165, 1.54) is 31.2 Å². The monoisotopic (exact) mass is 219 g/mol. The minimum Gasteiger partial charge on any atom is -0.312 e. The van der Waals surface area contributed by atoms with Gasteiger partial charge in [-0.05, 0) is 24.4 Å². The highest BCUT2D eigenvalue weighted by Crippen LogP contribution is 2.11. The molecule has 0 aliphatic carbocycles. The van der Waals surface area contributed by atoms with Crippen molar-refractivity contribution < 1.29 is 0 Å². The molecule has 0 amide bonds. The standard InChI is InChI=1S/C15H25N/c1-3-5-9-14(4-2)12-16-13-15-10-7-6-8-11-15/h6-8,10-11,14,16H,3-5,9,12-13H2,1-2H3/t14-/m1/s1. The van der Waals surface area contributed by atoms with Gasteiger partial charge in [-0.25, -0.2) is 0 Å². The van der Waals surface area contributed by atoms with Crippen LogP contribution in [0.15, 0.2) is 30.3 Å². The summed E-state index contributed by atoms with van der Waals surface area (Å²) in [6, 6.07) is 10.6. The lowest BCUT2D eigenvalue weighted by atomic mass is 9.99. The van der Waals surface area contributed by atoms with Crippen LogP contribution in [-0.2, 0) is 6.54 Å². The second kappa shape index (κ2) is 8.35. The van der Waals surface area contributed by atoms with Gasteiger partial charge in [0, 0.05) is 6.54 Å². The van der Waals surface area contributed by atoms with Gasteiger partial charge in [-0.3, -0.25) is 0 Å². The fourth-order valence-electron chi connectivity index (χ4n) is 1.96. The molecule has 0 heterocycles. The van der Waals surface area contributed by atoms with Crippen LogP contribution in [0, 0.1) is 5.92 Å². The van der Waals surface area contributed by atoms with Gasteiger partial charge in [0.15, 0.2) is 0 Å². The van der Waals surface area contributed by atoms with Crippen LogP contribution in [0.5, 0.6) is 0 Å². The van der Waals surface area contributed by atoms with E-state index in [4.69, 9.17) is 0 Å². The molecule has 16 heavy (non-hydrogen) atoms. The second-order valence-electron chi connectivity index (χ2n) is 4.53. The molecule has 0 aliphatic heterocycles. The number of hydrogen-bond donors (Lipinski definition) is 1. The molecule has 1 atom stereocenters. The molecule has 0 radical (unpaired) electrons. The fraction of sp³-hybridized carbons (Fsp3) is 0.600. The van der Waals surface area contributed by atoms with Gasteiger partial charge in [0.05, 0.1) is 0 Å². The number of unbranched alkanes of at least 4 members (excludes halogenated alkanes) is 1. The van der Waals surface area contributed by atoms with Gasteiger partial charge in [-0.1, -0.05) is 63.4 Å². The molecule has 90 valence electrons. The quantitative estimate of drug-likeness (QED) is 0.697. The van der Waals surface area contributed by atoms with E-state index in [1.807, 2.05) is 0 Å². The highest BCUT2D eigenvalue weighted by atomic mass is 14.9. The van der Waals surface area contributed by atoms with Crippen LogP contribution < -0.4 is 5.32 Å². The first-order chi connectivity index (χ1) is 7.86. The highest BCUT2D eigenvalue weighted by Gasteiger charge is 2.04. The summed E-state index contributed by atoms with van der Waals surface area (Å²) in [6.45, 7) is 6.73. The molecule has 0 fully saturated rings. The third-order valence-electron chi connectivity index (χ3n) is 3.15. The van der Waals surface area contributed by atoms with Gasteiger partial charge < -0.3 is 5.32 Å². The summed E-state index contributed by atoms with van der Waals surface area (Å²) in [5, 5.41) is 3.56. The molecule has 0 saturated carbocycles. The minimum atomic E-state index is 0.851.